The lowest BCUT2D eigenvalue weighted by Gasteiger charge is -2.04. The van der Waals surface area contributed by atoms with E-state index >= 15 is 0 Å². The third-order valence-corrected chi connectivity index (χ3v) is 5.66. The minimum atomic E-state index is -0.135. The molecule has 0 radical (unpaired) electrons. The summed E-state index contributed by atoms with van der Waals surface area (Å²) in [5, 5.41) is 9.02. The summed E-state index contributed by atoms with van der Waals surface area (Å²) in [5.74, 6) is -0.189. The standard InChI is InChI=1S/C18H16ClN3O2S2/c19-13-6-2-1-5-12(13)16(23)15-11-22-18(26-15)21-9-4-8-20-17(24)14-7-3-10-25-14/h1-3,5-7,10-11H,4,8-9H2,(H,20,24)(H,21,22). The van der Waals surface area contributed by atoms with Crippen molar-refractivity contribution in [3.63, 3.8) is 0 Å². The zero-order valence-corrected chi connectivity index (χ0v) is 16.1. The predicted octanol–water partition coefficient (Wildman–Crippen LogP) is 4.32. The molecular formula is C18H16ClN3O2S2. The van der Waals surface area contributed by atoms with Crippen molar-refractivity contribution in [2.45, 2.75) is 6.42 Å². The average Bonchev–Trinajstić information content (AvgIpc) is 3.33. The number of benzene rings is 1. The number of thiophene rings is 1. The summed E-state index contributed by atoms with van der Waals surface area (Å²) in [6, 6.07) is 10.6. The first-order valence-electron chi connectivity index (χ1n) is 7.96. The Hall–Kier alpha value is -2.22. The number of ketones is 1. The van der Waals surface area contributed by atoms with Crippen molar-refractivity contribution >= 4 is 51.1 Å². The summed E-state index contributed by atoms with van der Waals surface area (Å²) in [7, 11) is 0. The van der Waals surface area contributed by atoms with E-state index in [0.717, 1.165) is 6.42 Å². The number of nitrogens with one attached hydrogen (secondary N) is 2. The van der Waals surface area contributed by atoms with Gasteiger partial charge in [0.2, 0.25) is 5.78 Å². The van der Waals surface area contributed by atoms with E-state index in [1.54, 1.807) is 36.5 Å². The topological polar surface area (TPSA) is 71.1 Å². The third-order valence-electron chi connectivity index (χ3n) is 3.51. The molecule has 1 amide bonds. The van der Waals surface area contributed by atoms with E-state index in [2.05, 4.69) is 15.6 Å². The molecule has 0 saturated carbocycles. The van der Waals surface area contributed by atoms with Crippen LogP contribution in [0.5, 0.6) is 0 Å². The smallest absolute Gasteiger partial charge is 0.261 e. The molecule has 26 heavy (non-hydrogen) atoms. The van der Waals surface area contributed by atoms with E-state index in [1.807, 2.05) is 11.4 Å². The third kappa shape index (κ3) is 4.69. The second kappa shape index (κ2) is 8.93. The largest absolute Gasteiger partial charge is 0.361 e. The highest BCUT2D eigenvalue weighted by molar-refractivity contribution is 7.17. The maximum atomic E-state index is 12.5. The first kappa shape index (κ1) is 18.6. The molecule has 134 valence electrons. The van der Waals surface area contributed by atoms with E-state index in [-0.39, 0.29) is 11.7 Å². The molecule has 0 aliphatic heterocycles. The van der Waals surface area contributed by atoms with Gasteiger partial charge in [-0.05, 0) is 30.0 Å². The molecule has 2 N–H and O–H groups in total. The number of anilines is 1. The zero-order valence-electron chi connectivity index (χ0n) is 13.7. The molecular weight excluding hydrogens is 390 g/mol. The van der Waals surface area contributed by atoms with Crippen molar-refractivity contribution in [1.82, 2.24) is 10.3 Å². The Bertz CT molecular complexity index is 893. The van der Waals surface area contributed by atoms with Crippen LogP contribution in [0.2, 0.25) is 5.02 Å². The molecule has 1 aromatic carbocycles. The number of hydrogen-bond donors (Lipinski definition) is 2. The Morgan fingerprint density at radius 2 is 1.92 bits per heavy atom. The van der Waals surface area contributed by atoms with Crippen LogP contribution in [-0.2, 0) is 0 Å². The van der Waals surface area contributed by atoms with Crippen LogP contribution in [0.25, 0.3) is 0 Å². The highest BCUT2D eigenvalue weighted by Crippen LogP contribution is 2.24. The van der Waals surface area contributed by atoms with Crippen LogP contribution in [-0.4, -0.2) is 29.8 Å². The van der Waals surface area contributed by atoms with Crippen molar-refractivity contribution in [1.29, 1.82) is 0 Å². The molecule has 3 rings (SSSR count). The number of hydrogen-bond acceptors (Lipinski definition) is 6. The Labute approximate surface area is 164 Å². The monoisotopic (exact) mass is 405 g/mol. The van der Waals surface area contributed by atoms with Crippen LogP contribution >= 0.6 is 34.3 Å². The molecule has 0 fully saturated rings. The Kier molecular flexibility index (Phi) is 6.38. The molecule has 0 atom stereocenters. The molecule has 0 spiro atoms. The van der Waals surface area contributed by atoms with Crippen LogP contribution in [0.15, 0.2) is 48.0 Å². The molecule has 3 aromatic rings. The second-order valence-electron chi connectivity index (χ2n) is 5.35. The van der Waals surface area contributed by atoms with Crippen molar-refractivity contribution in [2.75, 3.05) is 18.4 Å². The van der Waals surface area contributed by atoms with Gasteiger partial charge in [-0.15, -0.1) is 11.3 Å². The number of carbonyl (C=O) groups excluding carboxylic acids is 2. The molecule has 8 heteroatoms. The van der Waals surface area contributed by atoms with Crippen LogP contribution in [0.4, 0.5) is 5.13 Å². The van der Waals surface area contributed by atoms with E-state index < -0.39 is 0 Å². The number of rotatable bonds is 8. The van der Waals surface area contributed by atoms with Gasteiger partial charge in [0.15, 0.2) is 5.13 Å². The van der Waals surface area contributed by atoms with Crippen LogP contribution < -0.4 is 10.6 Å². The summed E-state index contributed by atoms with van der Waals surface area (Å²) >= 11 is 8.78. The lowest BCUT2D eigenvalue weighted by atomic mass is 10.1. The number of halogens is 1. The maximum absolute atomic E-state index is 12.5. The van der Waals surface area contributed by atoms with Crippen molar-refractivity contribution in [2.24, 2.45) is 0 Å². The van der Waals surface area contributed by atoms with Gasteiger partial charge in [0.05, 0.1) is 21.0 Å². The maximum Gasteiger partial charge on any atom is 0.261 e. The van der Waals surface area contributed by atoms with Gasteiger partial charge < -0.3 is 10.6 Å². The number of amides is 1. The van der Waals surface area contributed by atoms with E-state index in [4.69, 9.17) is 11.6 Å². The van der Waals surface area contributed by atoms with Crippen LogP contribution in [0, 0.1) is 0 Å². The highest BCUT2D eigenvalue weighted by Gasteiger charge is 2.15. The Morgan fingerprint density at radius 1 is 1.08 bits per heavy atom. The van der Waals surface area contributed by atoms with Gasteiger partial charge in [0.1, 0.15) is 0 Å². The van der Waals surface area contributed by atoms with E-state index in [9.17, 15) is 9.59 Å². The minimum Gasteiger partial charge on any atom is -0.361 e. The zero-order chi connectivity index (χ0) is 18.4. The molecule has 0 unspecified atom stereocenters. The molecule has 5 nitrogen and oxygen atoms in total. The molecule has 0 saturated heterocycles. The summed E-state index contributed by atoms with van der Waals surface area (Å²) in [4.78, 5) is 29.7. The quantitative estimate of drug-likeness (QED) is 0.432. The molecule has 0 aliphatic carbocycles. The Balaban J connectivity index is 1.45. The number of nitrogens with zero attached hydrogens (tertiary/aromatic N) is 1. The molecule has 0 aliphatic rings. The second-order valence-corrected chi connectivity index (χ2v) is 7.74. The molecule has 2 aromatic heterocycles. The summed E-state index contributed by atoms with van der Waals surface area (Å²) in [6.45, 7) is 1.22. The van der Waals surface area contributed by atoms with E-state index in [0.29, 0.717) is 38.6 Å². The normalized spacial score (nSPS) is 10.5. The lowest BCUT2D eigenvalue weighted by molar-refractivity contribution is 0.0957. The average molecular weight is 406 g/mol. The fourth-order valence-electron chi connectivity index (χ4n) is 2.22. The first-order valence-corrected chi connectivity index (χ1v) is 10.0. The summed E-state index contributed by atoms with van der Waals surface area (Å²) in [5.41, 5.74) is 0.473. The first-order chi connectivity index (χ1) is 12.6. The van der Waals surface area contributed by atoms with Crippen molar-refractivity contribution in [3.8, 4) is 0 Å². The number of aromatic nitrogens is 1. The fourth-order valence-corrected chi connectivity index (χ4v) is 3.88. The molecule has 2 heterocycles. The van der Waals surface area contributed by atoms with Gasteiger partial charge in [-0.3, -0.25) is 9.59 Å². The number of carbonyl (C=O) groups is 2. The van der Waals surface area contributed by atoms with Crippen LogP contribution in [0.1, 0.15) is 31.3 Å². The van der Waals surface area contributed by atoms with Crippen LogP contribution in [0.3, 0.4) is 0 Å². The van der Waals surface area contributed by atoms with E-state index in [1.165, 1.54) is 22.7 Å². The Morgan fingerprint density at radius 3 is 2.69 bits per heavy atom. The van der Waals surface area contributed by atoms with Gasteiger partial charge in [-0.2, -0.15) is 0 Å². The lowest BCUT2D eigenvalue weighted by Crippen LogP contribution is -2.25. The summed E-state index contributed by atoms with van der Waals surface area (Å²) < 4.78 is 0. The van der Waals surface area contributed by atoms with Gasteiger partial charge in [-0.1, -0.05) is 41.1 Å². The van der Waals surface area contributed by atoms with Crippen molar-refractivity contribution < 1.29 is 9.59 Å². The molecule has 0 bridgehead atoms. The van der Waals surface area contributed by atoms with Gasteiger partial charge in [0, 0.05) is 18.7 Å². The predicted molar refractivity (Wildman–Crippen MR) is 107 cm³/mol. The van der Waals surface area contributed by atoms with Gasteiger partial charge in [0.25, 0.3) is 5.91 Å². The fraction of sp³-hybridized carbons (Fsp3) is 0.167. The minimum absolute atomic E-state index is 0.0538. The van der Waals surface area contributed by atoms with Gasteiger partial charge >= 0.3 is 0 Å². The SMILES string of the molecule is O=C(NCCCNc1ncc(C(=O)c2ccccc2Cl)s1)c1cccs1. The summed E-state index contributed by atoms with van der Waals surface area (Å²) in [6.07, 6.45) is 2.31. The van der Waals surface area contributed by atoms with Gasteiger partial charge in [-0.25, -0.2) is 4.98 Å². The van der Waals surface area contributed by atoms with Crippen molar-refractivity contribution in [3.05, 3.63) is 68.3 Å². The number of thiazole rings is 1. The highest BCUT2D eigenvalue weighted by atomic mass is 35.5.